The molecule has 3 aromatic rings. The van der Waals surface area contributed by atoms with Crippen LogP contribution in [0.2, 0.25) is 0 Å². The number of aromatic hydroxyl groups is 1. The molecule has 1 unspecified atom stereocenters. The molecular weight excluding hydrogens is 822 g/mol. The normalized spacial score (nSPS) is 20.5. The maximum absolute atomic E-state index is 13.2. The van der Waals surface area contributed by atoms with E-state index in [9.17, 15) is 19.5 Å². The molecule has 6 aliphatic rings. The number of anilines is 1. The molecular formula is C46H54BN6O9P. The Morgan fingerprint density at radius 1 is 0.714 bits per heavy atom. The third-order valence-corrected chi connectivity index (χ3v) is 11.4. The number of nitrogens with one attached hydrogen (secondary N) is 1. The van der Waals surface area contributed by atoms with Gasteiger partial charge in [0.2, 0.25) is 0 Å². The van der Waals surface area contributed by atoms with Crippen LogP contribution in [0.1, 0.15) is 64.2 Å². The number of amides is 3. The van der Waals surface area contributed by atoms with Crippen LogP contribution in [0, 0.1) is 0 Å². The lowest BCUT2D eigenvalue weighted by Crippen LogP contribution is -2.36. The molecule has 6 aliphatic heterocycles. The molecule has 3 fully saturated rings. The van der Waals surface area contributed by atoms with Crippen LogP contribution in [-0.2, 0) is 0 Å². The minimum Gasteiger partial charge on any atom is -0.504 e. The van der Waals surface area contributed by atoms with Crippen molar-refractivity contribution < 1.29 is 43.2 Å². The lowest BCUT2D eigenvalue weighted by atomic mass is 10.1. The van der Waals surface area contributed by atoms with Crippen molar-refractivity contribution in [3.05, 3.63) is 89.5 Å². The van der Waals surface area contributed by atoms with Crippen molar-refractivity contribution >= 4 is 63.8 Å². The van der Waals surface area contributed by atoms with E-state index in [4.69, 9.17) is 25.0 Å². The van der Waals surface area contributed by atoms with Crippen molar-refractivity contribution in [2.45, 2.75) is 51.2 Å². The molecule has 3 amide bonds. The average molecular weight is 878 g/mol. The van der Waals surface area contributed by atoms with Crippen LogP contribution >= 0.6 is 9.06 Å². The Kier molecular flexibility index (Phi) is 14.1. The van der Waals surface area contributed by atoms with E-state index in [0.29, 0.717) is 96.9 Å². The Labute approximate surface area is 373 Å². The first kappa shape index (κ1) is 44.8. The molecule has 15 nitrogen and oxygen atoms in total. The summed E-state index contributed by atoms with van der Waals surface area (Å²) < 4.78 is 34.2. The molecule has 0 saturated carbocycles. The average Bonchev–Trinajstić information content (AvgIpc) is 3.91. The molecule has 4 atom stereocenters. The first-order valence-corrected chi connectivity index (χ1v) is 20.7. The summed E-state index contributed by atoms with van der Waals surface area (Å²) in [4.78, 5) is 53.2. The van der Waals surface area contributed by atoms with E-state index in [1.807, 2.05) is 17.2 Å². The van der Waals surface area contributed by atoms with Gasteiger partial charge in [-0.05, 0) is 37.5 Å². The van der Waals surface area contributed by atoms with E-state index in [0.717, 1.165) is 41.7 Å². The van der Waals surface area contributed by atoms with E-state index >= 15 is 0 Å². The van der Waals surface area contributed by atoms with Crippen LogP contribution in [0.25, 0.3) is 0 Å². The van der Waals surface area contributed by atoms with Crippen LogP contribution in [0.5, 0.6) is 34.5 Å². The number of nitrogens with zero attached hydrogens (tertiary/aromatic N) is 5. The van der Waals surface area contributed by atoms with Gasteiger partial charge in [0.1, 0.15) is 0 Å². The second-order valence-corrected chi connectivity index (χ2v) is 15.5. The summed E-state index contributed by atoms with van der Waals surface area (Å²) in [6, 6.07) is 9.98. The van der Waals surface area contributed by atoms with Gasteiger partial charge >= 0.3 is 0 Å². The summed E-state index contributed by atoms with van der Waals surface area (Å²) in [6.07, 6.45) is 6.40. The number of aliphatic imine (C=N–C) groups is 2. The molecule has 63 heavy (non-hydrogen) atoms. The van der Waals surface area contributed by atoms with Crippen molar-refractivity contribution in [3.8, 4) is 34.5 Å². The van der Waals surface area contributed by atoms with Gasteiger partial charge in [-0.2, -0.15) is 9.06 Å². The number of methoxy groups -OCH3 is 3. The summed E-state index contributed by atoms with van der Waals surface area (Å²) in [5.74, 6) is 2.07. The lowest BCUT2D eigenvalue weighted by Gasteiger charge is -2.21. The molecule has 0 spiro atoms. The van der Waals surface area contributed by atoms with E-state index in [1.54, 1.807) is 48.4 Å². The minimum absolute atomic E-state index is 0. The molecule has 0 aliphatic carbocycles. The molecule has 2 radical (unpaired) electrons. The first-order valence-electron chi connectivity index (χ1n) is 20.6. The van der Waals surface area contributed by atoms with E-state index in [2.05, 4.69) is 42.6 Å². The molecule has 9 rings (SSSR count). The van der Waals surface area contributed by atoms with Crippen molar-refractivity contribution in [2.75, 3.05) is 66.0 Å². The monoisotopic (exact) mass is 877 g/mol. The molecule has 2 N–H and O–H groups in total. The van der Waals surface area contributed by atoms with Gasteiger partial charge < -0.3 is 48.8 Å². The highest BCUT2D eigenvalue weighted by molar-refractivity contribution is 7.49. The first-order chi connectivity index (χ1) is 30.4. The number of rotatable bonds is 9. The quantitative estimate of drug-likeness (QED) is 0.102. The van der Waals surface area contributed by atoms with Gasteiger partial charge in [-0.15, -0.1) is 0 Å². The number of carbonyl (C=O) groups excluding carboxylic acids is 3. The largest absolute Gasteiger partial charge is 0.504 e. The zero-order chi connectivity index (χ0) is 44.9. The van der Waals surface area contributed by atoms with Crippen molar-refractivity contribution in [1.29, 1.82) is 1.28 Å². The van der Waals surface area contributed by atoms with Crippen LogP contribution in [0.15, 0.2) is 82.8 Å². The fourth-order valence-electron chi connectivity index (χ4n) is 8.37. The number of benzene rings is 3. The Hall–Kier alpha value is -6.28. The van der Waals surface area contributed by atoms with Crippen LogP contribution in [0.3, 0.4) is 0 Å². The maximum atomic E-state index is 13.2. The third-order valence-electron chi connectivity index (χ3n) is 11.4. The molecule has 3 aromatic carbocycles. The highest BCUT2D eigenvalue weighted by Crippen LogP contribution is 2.41. The molecule has 6 heterocycles. The summed E-state index contributed by atoms with van der Waals surface area (Å²) in [5.41, 5.74) is 6.38. The molecule has 0 aromatic heterocycles. The van der Waals surface area contributed by atoms with E-state index < -0.39 is 0 Å². The molecule has 0 bridgehead atoms. The molecule has 17 heteroatoms. The van der Waals surface area contributed by atoms with Gasteiger partial charge in [-0.1, -0.05) is 43.9 Å². The molecule has 330 valence electrons. The van der Waals surface area contributed by atoms with Gasteiger partial charge in [0.25, 0.3) is 17.7 Å². The van der Waals surface area contributed by atoms with E-state index in [-0.39, 0.29) is 63.8 Å². The topological polar surface area (TPSA) is 164 Å². The van der Waals surface area contributed by atoms with Crippen LogP contribution < -0.4 is 29.0 Å². The van der Waals surface area contributed by atoms with Gasteiger partial charge in [-0.25, -0.2) is 0 Å². The van der Waals surface area contributed by atoms with Crippen LogP contribution in [0.4, 0.5) is 17.1 Å². The number of hydrogen-bond donors (Lipinski definition) is 2. The van der Waals surface area contributed by atoms with Gasteiger partial charge in [0.05, 0.1) is 94.0 Å². The summed E-state index contributed by atoms with van der Waals surface area (Å²) in [5, 5.41) is 13.2. The summed E-state index contributed by atoms with van der Waals surface area (Å²) >= 11 is 0. The number of phenols is 1. The minimum atomic E-state index is -0.167. The highest BCUT2D eigenvalue weighted by Gasteiger charge is 2.37. The number of hydrogen-bond acceptors (Lipinski definition) is 12. The Bertz CT molecular complexity index is 2410. The number of ether oxygens (including phenoxy) is 5. The van der Waals surface area contributed by atoms with Crippen molar-refractivity contribution in [2.24, 2.45) is 9.98 Å². The Balaban J connectivity index is 0.000000246. The van der Waals surface area contributed by atoms with Gasteiger partial charge in [0, 0.05) is 64.5 Å². The fraction of sp³-hybridized carbons (Fsp3) is 0.370. The Morgan fingerprint density at radius 3 is 1.73 bits per heavy atom. The second-order valence-electron chi connectivity index (χ2n) is 15.5. The highest BCUT2D eigenvalue weighted by atomic mass is 31.0. The predicted molar refractivity (Wildman–Crippen MR) is 249 cm³/mol. The van der Waals surface area contributed by atoms with Crippen molar-refractivity contribution in [1.82, 2.24) is 14.7 Å². The van der Waals surface area contributed by atoms with Crippen molar-refractivity contribution in [3.63, 3.8) is 0 Å². The zero-order valence-corrected chi connectivity index (χ0v) is 36.1. The number of phenolic OH excluding ortho intramolecular Hbond substituents is 1. The summed E-state index contributed by atoms with van der Waals surface area (Å²) in [7, 11) is 8.93. The lowest BCUT2D eigenvalue weighted by molar-refractivity contribution is 0.0749. The second kappa shape index (κ2) is 19.8. The van der Waals surface area contributed by atoms with Crippen LogP contribution in [-0.4, -0.2) is 138 Å². The predicted octanol–water partition coefficient (Wildman–Crippen LogP) is 6.70. The van der Waals surface area contributed by atoms with Gasteiger partial charge in [-0.3, -0.25) is 24.4 Å². The van der Waals surface area contributed by atoms with Gasteiger partial charge in [0.15, 0.2) is 34.5 Å². The third kappa shape index (κ3) is 9.41. The Morgan fingerprint density at radius 2 is 1.17 bits per heavy atom. The smallest absolute Gasteiger partial charge is 0.257 e. The number of carbonyl (C=O) groups is 3. The fourth-order valence-corrected chi connectivity index (χ4v) is 8.37. The SMILES string of the molecule is C.C=C1C[C@H]2C=Nc3cc(O)c(OC)cc3C(=O)N2C1.C=C1C[C@H]2CNc3cc(OCCCOc4cc5c(cc4OC)C(=O)N4CC(=C)C[C@H]4C=N5)c(OC)cc3C(=O)N2C1.[2H]P[B]. The summed E-state index contributed by atoms with van der Waals surface area (Å²) in [6.45, 7) is 15.0. The number of fused-ring (bicyclic) bond motifs is 6. The molecule has 3 saturated heterocycles. The maximum Gasteiger partial charge on any atom is 0.257 e. The van der Waals surface area contributed by atoms with E-state index in [1.165, 1.54) is 19.2 Å². The standard InChI is InChI=1S/C31H34N4O6.C14H14N2O3.CH4.BH2P/c1-18-8-20-14-32-24-12-28(26(38-3)10-22(24)30(36)34(20)16-18)40-6-5-7-41-29-13-25-23(11-27(29)39-4)31(37)35-17-19(2)9-21(35)15-33-25;1-8-3-9-6-15-11-5-12(17)13(19-2)4-10(11)14(18)16(9)7-8;;1-2/h10-14,20-21,33H,1-2,5-9,15-17H2,3-4H3;4-6,9,17H,1,3,7H2,2H3;1H4;2H2/t20-,21-;9-;;/m00../s1/i;;;2D. The zero-order valence-electron chi connectivity index (χ0n) is 36.1.